The van der Waals surface area contributed by atoms with Crippen molar-refractivity contribution in [1.82, 2.24) is 20.1 Å². The summed E-state index contributed by atoms with van der Waals surface area (Å²) in [5.74, 6) is -0.166. The fourth-order valence-corrected chi connectivity index (χ4v) is 5.97. The number of aryl methyl sites for hydroxylation is 1. The van der Waals surface area contributed by atoms with Gasteiger partial charge in [-0.25, -0.2) is 9.80 Å². The molecule has 4 heterocycles. The molecule has 1 N–H and O–H groups in total. The number of nitrogens with zero attached hydrogens (tertiary/aromatic N) is 4. The Morgan fingerprint density at radius 3 is 2.60 bits per heavy atom. The number of rotatable bonds is 7. The zero-order valence-electron chi connectivity index (χ0n) is 21.0. The van der Waals surface area contributed by atoms with Crippen molar-refractivity contribution >= 4 is 40.3 Å². The number of hydrogen-bond donors (Lipinski definition) is 1. The molecule has 1 fully saturated rings. The molecule has 0 radical (unpaired) electrons. The summed E-state index contributed by atoms with van der Waals surface area (Å²) in [5, 5.41) is 13.5. The molecule has 4 rings (SSSR count). The van der Waals surface area contributed by atoms with Crippen LogP contribution in [0.25, 0.3) is 0 Å². The molecular weight excluding hydrogens is 482 g/mol. The van der Waals surface area contributed by atoms with Gasteiger partial charge < -0.3 is 15.0 Å². The number of amides is 3. The zero-order chi connectivity index (χ0) is 25.0. The topological polar surface area (TPSA) is 77.5 Å². The molecule has 0 aliphatic carbocycles. The van der Waals surface area contributed by atoms with E-state index >= 15 is 0 Å². The van der Waals surface area contributed by atoms with Crippen LogP contribution in [0.1, 0.15) is 48.6 Å². The minimum atomic E-state index is -0.397. The molecule has 190 valence electrons. The highest BCUT2D eigenvalue weighted by atomic mass is 32.1. The molecule has 0 aromatic carbocycles. The second-order valence-electron chi connectivity index (χ2n) is 10.0. The van der Waals surface area contributed by atoms with Crippen LogP contribution in [0.5, 0.6) is 0 Å². The molecular formula is C25H35N5O3S2. The zero-order valence-corrected chi connectivity index (χ0v) is 22.6. The molecule has 2 aromatic rings. The number of thiophene rings is 2. The Morgan fingerprint density at radius 2 is 1.97 bits per heavy atom. The lowest BCUT2D eigenvalue weighted by molar-refractivity contribution is -0.133. The van der Waals surface area contributed by atoms with E-state index in [2.05, 4.69) is 28.6 Å². The van der Waals surface area contributed by atoms with Crippen molar-refractivity contribution in [2.75, 3.05) is 45.9 Å². The van der Waals surface area contributed by atoms with Crippen LogP contribution in [0.2, 0.25) is 0 Å². The van der Waals surface area contributed by atoms with Crippen molar-refractivity contribution in [3.05, 3.63) is 44.3 Å². The largest absolute Gasteiger partial charge is 0.379 e. The minimum Gasteiger partial charge on any atom is -0.379 e. The number of nitrogens with one attached hydrogen (secondary N) is 1. The first kappa shape index (κ1) is 25.8. The molecule has 2 aromatic heterocycles. The summed E-state index contributed by atoms with van der Waals surface area (Å²) in [5.41, 5.74) is 1.69. The quantitative estimate of drug-likeness (QED) is 0.604. The van der Waals surface area contributed by atoms with E-state index in [1.54, 1.807) is 32.6 Å². The lowest BCUT2D eigenvalue weighted by Gasteiger charge is -2.32. The number of carbonyl (C=O) groups excluding carboxylic acids is 2. The lowest BCUT2D eigenvalue weighted by atomic mass is 10.1. The molecule has 35 heavy (non-hydrogen) atoms. The molecule has 0 spiro atoms. The van der Waals surface area contributed by atoms with Gasteiger partial charge >= 0.3 is 6.03 Å². The average Bonchev–Trinajstić information content (AvgIpc) is 3.56. The van der Waals surface area contributed by atoms with Gasteiger partial charge in [0.05, 0.1) is 29.8 Å². The normalized spacial score (nSPS) is 19.0. The van der Waals surface area contributed by atoms with Gasteiger partial charge in [0.2, 0.25) is 0 Å². The number of hydrogen-bond acceptors (Lipinski definition) is 7. The molecule has 2 aliphatic heterocycles. The first-order valence-electron chi connectivity index (χ1n) is 12.1. The van der Waals surface area contributed by atoms with Crippen molar-refractivity contribution in [1.29, 1.82) is 0 Å². The van der Waals surface area contributed by atoms with Crippen LogP contribution in [-0.2, 0) is 9.53 Å². The Bertz CT molecular complexity index is 1040. The van der Waals surface area contributed by atoms with Crippen LogP contribution < -0.4 is 5.32 Å². The first-order valence-corrected chi connectivity index (χ1v) is 13.8. The van der Waals surface area contributed by atoms with Crippen molar-refractivity contribution < 1.29 is 14.3 Å². The predicted molar refractivity (Wildman–Crippen MR) is 141 cm³/mol. The Labute approximate surface area is 215 Å². The average molecular weight is 518 g/mol. The summed E-state index contributed by atoms with van der Waals surface area (Å²) < 4.78 is 5.44. The monoisotopic (exact) mass is 517 g/mol. The molecule has 1 saturated heterocycles. The van der Waals surface area contributed by atoms with E-state index in [4.69, 9.17) is 9.84 Å². The van der Waals surface area contributed by atoms with Gasteiger partial charge in [0.15, 0.2) is 0 Å². The van der Waals surface area contributed by atoms with Crippen LogP contribution in [-0.4, -0.2) is 83.9 Å². The van der Waals surface area contributed by atoms with Gasteiger partial charge in [0.1, 0.15) is 6.54 Å². The maximum Gasteiger partial charge on any atom is 0.318 e. The van der Waals surface area contributed by atoms with Crippen LogP contribution in [0.4, 0.5) is 4.79 Å². The third-order valence-electron chi connectivity index (χ3n) is 6.06. The summed E-state index contributed by atoms with van der Waals surface area (Å²) in [7, 11) is 0. The fourth-order valence-electron chi connectivity index (χ4n) is 4.24. The van der Waals surface area contributed by atoms with Gasteiger partial charge in [-0.2, -0.15) is 5.10 Å². The van der Waals surface area contributed by atoms with Gasteiger partial charge in [-0.05, 0) is 56.2 Å². The van der Waals surface area contributed by atoms with Crippen LogP contribution in [0.3, 0.4) is 0 Å². The highest BCUT2D eigenvalue weighted by Gasteiger charge is 2.36. The highest BCUT2D eigenvalue weighted by molar-refractivity contribution is 7.12. The number of urea groups is 1. The Kier molecular flexibility index (Phi) is 8.26. The van der Waals surface area contributed by atoms with Gasteiger partial charge in [-0.15, -0.1) is 22.7 Å². The number of morpholine rings is 1. The molecule has 1 atom stereocenters. The lowest BCUT2D eigenvalue weighted by Crippen LogP contribution is -2.53. The molecule has 0 bridgehead atoms. The minimum absolute atomic E-state index is 0.0194. The maximum atomic E-state index is 13.7. The molecule has 8 nitrogen and oxygen atoms in total. The highest BCUT2D eigenvalue weighted by Crippen LogP contribution is 2.37. The van der Waals surface area contributed by atoms with E-state index in [1.807, 2.05) is 38.3 Å². The molecule has 0 unspecified atom stereocenters. The summed E-state index contributed by atoms with van der Waals surface area (Å²) in [6.45, 7) is 12.1. The van der Waals surface area contributed by atoms with E-state index in [0.29, 0.717) is 32.7 Å². The third-order valence-corrected chi connectivity index (χ3v) is 8.10. The second-order valence-corrected chi connectivity index (χ2v) is 11.9. The van der Waals surface area contributed by atoms with E-state index in [-0.39, 0.29) is 24.5 Å². The van der Waals surface area contributed by atoms with E-state index in [9.17, 15) is 9.59 Å². The van der Waals surface area contributed by atoms with E-state index in [0.717, 1.165) is 34.1 Å². The Balaban J connectivity index is 1.53. The third kappa shape index (κ3) is 6.69. The van der Waals surface area contributed by atoms with Gasteiger partial charge in [0, 0.05) is 43.0 Å². The van der Waals surface area contributed by atoms with Crippen LogP contribution >= 0.6 is 22.7 Å². The number of ether oxygens (including phenoxy) is 1. The maximum absolute atomic E-state index is 13.7. The first-order chi connectivity index (χ1) is 16.7. The molecule has 2 aliphatic rings. The van der Waals surface area contributed by atoms with Crippen molar-refractivity contribution in [3.8, 4) is 0 Å². The molecule has 3 amide bonds. The summed E-state index contributed by atoms with van der Waals surface area (Å²) in [4.78, 5) is 33.0. The van der Waals surface area contributed by atoms with E-state index in [1.165, 1.54) is 0 Å². The standard InChI is InChI=1S/C25H35N5O3S2/c1-18-7-15-35-23(18)20-16-19(21-6-5-14-34-21)27-30(20)22(31)17-29(24(32)26-25(2,3)4)9-8-28-10-12-33-13-11-28/h5-7,14-15,20H,8-13,16-17H2,1-4H3,(H,26,32)/t20-/m0/s1. The van der Waals surface area contributed by atoms with Crippen molar-refractivity contribution in [2.45, 2.75) is 45.7 Å². The molecule has 0 saturated carbocycles. The second kappa shape index (κ2) is 11.2. The summed E-state index contributed by atoms with van der Waals surface area (Å²) in [6.07, 6.45) is 0.676. The van der Waals surface area contributed by atoms with Gasteiger partial charge in [-0.1, -0.05) is 6.07 Å². The predicted octanol–water partition coefficient (Wildman–Crippen LogP) is 3.94. The molecule has 10 heteroatoms. The SMILES string of the molecule is Cc1ccsc1[C@@H]1CC(c2cccs2)=NN1C(=O)CN(CCN1CCOCC1)C(=O)NC(C)(C)C. The number of hydrazone groups is 1. The van der Waals surface area contributed by atoms with Crippen LogP contribution in [0, 0.1) is 6.92 Å². The van der Waals surface area contributed by atoms with E-state index < -0.39 is 5.54 Å². The van der Waals surface area contributed by atoms with Crippen molar-refractivity contribution in [2.24, 2.45) is 5.10 Å². The smallest absolute Gasteiger partial charge is 0.318 e. The summed E-state index contributed by atoms with van der Waals surface area (Å²) in [6, 6.07) is 5.75. The van der Waals surface area contributed by atoms with Gasteiger partial charge in [0.25, 0.3) is 5.91 Å². The van der Waals surface area contributed by atoms with Crippen molar-refractivity contribution in [3.63, 3.8) is 0 Å². The van der Waals surface area contributed by atoms with Gasteiger partial charge in [-0.3, -0.25) is 9.69 Å². The number of carbonyl (C=O) groups is 2. The Hall–Kier alpha value is -2.27. The summed E-state index contributed by atoms with van der Waals surface area (Å²) >= 11 is 3.29. The fraction of sp³-hybridized carbons (Fsp3) is 0.560. The Morgan fingerprint density at radius 1 is 1.20 bits per heavy atom. The van der Waals surface area contributed by atoms with Crippen LogP contribution in [0.15, 0.2) is 34.1 Å².